The van der Waals surface area contributed by atoms with Crippen molar-refractivity contribution in [3.8, 4) is 11.5 Å². The van der Waals surface area contributed by atoms with Crippen LogP contribution in [-0.4, -0.2) is 22.5 Å². The highest BCUT2D eigenvalue weighted by molar-refractivity contribution is 6.12. The molecule has 0 bridgehead atoms. The van der Waals surface area contributed by atoms with Gasteiger partial charge < -0.3 is 14.8 Å². The largest absolute Gasteiger partial charge is 0.454 e. The van der Waals surface area contributed by atoms with Crippen molar-refractivity contribution in [3.05, 3.63) is 66.0 Å². The molecule has 7 heteroatoms. The minimum atomic E-state index is -0.362. The highest BCUT2D eigenvalue weighted by Crippen LogP contribution is 2.41. The van der Waals surface area contributed by atoms with Crippen molar-refractivity contribution in [1.29, 1.82) is 0 Å². The van der Waals surface area contributed by atoms with Crippen LogP contribution in [0.2, 0.25) is 0 Å². The first-order valence-corrected chi connectivity index (χ1v) is 9.88. The van der Waals surface area contributed by atoms with E-state index in [4.69, 9.17) is 9.47 Å². The molecule has 6 rings (SSSR count). The normalized spacial score (nSPS) is 19.8. The van der Waals surface area contributed by atoms with Gasteiger partial charge in [0.05, 0.1) is 16.9 Å². The standard InChI is InChI=1S/C22H20N4O3/c27-22-16-3-1-2-4-17(16)24-21(18-9-10-23-25(18)12-14-5-6-14)26(22)15-7-8-19-20(11-15)29-13-28-19/h1-4,7-11,14,21,24H,5-6,12-13H2. The van der Waals surface area contributed by atoms with Crippen LogP contribution in [0, 0.1) is 5.92 Å². The summed E-state index contributed by atoms with van der Waals surface area (Å²) in [5, 5.41) is 8.08. The molecule has 3 aliphatic rings. The van der Waals surface area contributed by atoms with Crippen LogP contribution in [-0.2, 0) is 6.54 Å². The third-order valence-electron chi connectivity index (χ3n) is 5.72. The van der Waals surface area contributed by atoms with E-state index in [2.05, 4.69) is 10.4 Å². The number of carbonyl (C=O) groups is 1. The summed E-state index contributed by atoms with van der Waals surface area (Å²) in [6.45, 7) is 1.08. The lowest BCUT2D eigenvalue weighted by molar-refractivity contribution is 0.0973. The molecule has 29 heavy (non-hydrogen) atoms. The predicted molar refractivity (Wildman–Crippen MR) is 107 cm³/mol. The maximum absolute atomic E-state index is 13.6. The molecule has 1 saturated carbocycles. The number of hydrogen-bond donors (Lipinski definition) is 1. The molecular weight excluding hydrogens is 368 g/mol. The molecule has 2 aromatic carbocycles. The Morgan fingerprint density at radius 3 is 2.83 bits per heavy atom. The number of carbonyl (C=O) groups excluding carboxylic acids is 1. The summed E-state index contributed by atoms with van der Waals surface area (Å²) >= 11 is 0. The summed E-state index contributed by atoms with van der Waals surface area (Å²) in [7, 11) is 0. The summed E-state index contributed by atoms with van der Waals surface area (Å²) in [5.41, 5.74) is 3.20. The van der Waals surface area contributed by atoms with Gasteiger partial charge in [-0.25, -0.2) is 0 Å². The Hall–Kier alpha value is -3.48. The summed E-state index contributed by atoms with van der Waals surface area (Å²) in [5.74, 6) is 1.97. The summed E-state index contributed by atoms with van der Waals surface area (Å²) in [4.78, 5) is 15.3. The van der Waals surface area contributed by atoms with Gasteiger partial charge in [0.1, 0.15) is 6.17 Å². The zero-order valence-electron chi connectivity index (χ0n) is 15.7. The number of amides is 1. The first-order valence-electron chi connectivity index (χ1n) is 9.88. The van der Waals surface area contributed by atoms with E-state index in [0.29, 0.717) is 23.0 Å². The second-order valence-electron chi connectivity index (χ2n) is 7.69. The van der Waals surface area contributed by atoms with E-state index >= 15 is 0 Å². The molecular formula is C22H20N4O3. The lowest BCUT2D eigenvalue weighted by Gasteiger charge is -2.38. The van der Waals surface area contributed by atoms with Gasteiger partial charge in [0.25, 0.3) is 5.91 Å². The maximum Gasteiger partial charge on any atom is 0.262 e. The Morgan fingerprint density at radius 2 is 1.93 bits per heavy atom. The Labute approximate surface area is 167 Å². The molecule has 1 atom stereocenters. The van der Waals surface area contributed by atoms with Gasteiger partial charge in [0.2, 0.25) is 6.79 Å². The fourth-order valence-corrected chi connectivity index (χ4v) is 4.03. The minimum absolute atomic E-state index is 0.0533. The number of benzene rings is 2. The zero-order chi connectivity index (χ0) is 19.4. The van der Waals surface area contributed by atoms with Crippen LogP contribution in [0.5, 0.6) is 11.5 Å². The number of nitrogens with zero attached hydrogens (tertiary/aromatic N) is 3. The lowest BCUT2D eigenvalue weighted by atomic mass is 10.0. The smallest absolute Gasteiger partial charge is 0.262 e. The van der Waals surface area contributed by atoms with E-state index in [9.17, 15) is 4.79 Å². The molecule has 0 spiro atoms. The van der Waals surface area contributed by atoms with Crippen molar-refractivity contribution >= 4 is 17.3 Å². The summed E-state index contributed by atoms with van der Waals surface area (Å²) in [6, 6.07) is 15.2. The van der Waals surface area contributed by atoms with Crippen molar-refractivity contribution in [3.63, 3.8) is 0 Å². The van der Waals surface area contributed by atoms with E-state index in [1.54, 1.807) is 4.90 Å². The van der Waals surface area contributed by atoms with E-state index in [1.807, 2.05) is 59.4 Å². The number of para-hydroxylation sites is 1. The van der Waals surface area contributed by atoms with E-state index < -0.39 is 0 Å². The Balaban J connectivity index is 1.47. The van der Waals surface area contributed by atoms with Gasteiger partial charge in [0, 0.05) is 24.5 Å². The first-order chi connectivity index (χ1) is 14.3. The zero-order valence-corrected chi connectivity index (χ0v) is 15.7. The van der Waals surface area contributed by atoms with Crippen molar-refractivity contribution < 1.29 is 14.3 Å². The fraction of sp³-hybridized carbons (Fsp3) is 0.273. The van der Waals surface area contributed by atoms with Gasteiger partial charge in [-0.1, -0.05) is 12.1 Å². The number of ether oxygens (including phenoxy) is 2. The SMILES string of the molecule is O=C1c2ccccc2NC(c2ccnn2CC2CC2)N1c1ccc2c(c1)OCO2. The number of nitrogens with one attached hydrogen (secondary N) is 1. The second kappa shape index (κ2) is 6.27. The van der Waals surface area contributed by atoms with Crippen molar-refractivity contribution in [2.24, 2.45) is 5.92 Å². The number of hydrogen-bond acceptors (Lipinski definition) is 5. The summed E-state index contributed by atoms with van der Waals surface area (Å²) < 4.78 is 13.0. The van der Waals surface area contributed by atoms with Crippen molar-refractivity contribution in [2.45, 2.75) is 25.6 Å². The highest BCUT2D eigenvalue weighted by Gasteiger charge is 2.37. The molecule has 2 aliphatic heterocycles. The minimum Gasteiger partial charge on any atom is -0.454 e. The molecule has 3 aromatic rings. The molecule has 1 aliphatic carbocycles. The second-order valence-corrected chi connectivity index (χ2v) is 7.69. The van der Waals surface area contributed by atoms with E-state index in [-0.39, 0.29) is 18.9 Å². The van der Waals surface area contributed by atoms with E-state index in [1.165, 1.54) is 12.8 Å². The van der Waals surface area contributed by atoms with Crippen LogP contribution in [0.3, 0.4) is 0 Å². The third-order valence-corrected chi connectivity index (χ3v) is 5.72. The number of rotatable bonds is 4. The lowest BCUT2D eigenvalue weighted by Crippen LogP contribution is -2.44. The van der Waals surface area contributed by atoms with Gasteiger partial charge >= 0.3 is 0 Å². The van der Waals surface area contributed by atoms with Crippen LogP contribution < -0.4 is 19.7 Å². The molecule has 7 nitrogen and oxygen atoms in total. The number of fused-ring (bicyclic) bond motifs is 2. The molecule has 0 saturated heterocycles. The molecule has 146 valence electrons. The molecule has 1 aromatic heterocycles. The maximum atomic E-state index is 13.6. The Bertz CT molecular complexity index is 1100. The quantitative estimate of drug-likeness (QED) is 0.736. The van der Waals surface area contributed by atoms with Gasteiger partial charge in [-0.2, -0.15) is 5.10 Å². The number of aromatic nitrogens is 2. The Kier molecular flexibility index (Phi) is 3.56. The fourth-order valence-electron chi connectivity index (χ4n) is 4.03. The van der Waals surface area contributed by atoms with E-state index in [0.717, 1.165) is 23.6 Å². The molecule has 1 unspecified atom stereocenters. The predicted octanol–water partition coefficient (Wildman–Crippen LogP) is 3.79. The molecule has 1 N–H and O–H groups in total. The molecule has 1 fully saturated rings. The van der Waals surface area contributed by atoms with Crippen LogP contribution in [0.1, 0.15) is 35.1 Å². The average Bonchev–Trinajstić information content (AvgIpc) is 3.23. The molecule has 3 heterocycles. The monoisotopic (exact) mass is 388 g/mol. The third kappa shape index (κ3) is 2.73. The van der Waals surface area contributed by atoms with Crippen molar-refractivity contribution in [2.75, 3.05) is 17.0 Å². The highest BCUT2D eigenvalue weighted by atomic mass is 16.7. The molecule has 1 amide bonds. The van der Waals surface area contributed by atoms with Crippen molar-refractivity contribution in [1.82, 2.24) is 9.78 Å². The first kappa shape index (κ1) is 16.5. The Morgan fingerprint density at radius 1 is 1.07 bits per heavy atom. The van der Waals surface area contributed by atoms with Gasteiger partial charge in [-0.05, 0) is 49.1 Å². The van der Waals surface area contributed by atoms with Crippen LogP contribution >= 0.6 is 0 Å². The topological polar surface area (TPSA) is 68.6 Å². The summed E-state index contributed by atoms with van der Waals surface area (Å²) in [6.07, 6.45) is 3.93. The average molecular weight is 388 g/mol. The van der Waals surface area contributed by atoms with Crippen LogP contribution in [0.15, 0.2) is 54.7 Å². The van der Waals surface area contributed by atoms with Gasteiger partial charge in [0.15, 0.2) is 11.5 Å². The van der Waals surface area contributed by atoms with Crippen LogP contribution in [0.4, 0.5) is 11.4 Å². The van der Waals surface area contributed by atoms with Gasteiger partial charge in [-0.3, -0.25) is 14.4 Å². The van der Waals surface area contributed by atoms with Crippen LogP contribution in [0.25, 0.3) is 0 Å². The van der Waals surface area contributed by atoms with Gasteiger partial charge in [-0.15, -0.1) is 0 Å². The number of anilines is 2. The molecule has 0 radical (unpaired) electrons.